The molecule has 3 rings (SSSR count). The zero-order chi connectivity index (χ0) is 13.9. The fourth-order valence-electron chi connectivity index (χ4n) is 3.34. The lowest BCUT2D eigenvalue weighted by Crippen LogP contribution is -2.39. The van der Waals surface area contributed by atoms with Crippen molar-refractivity contribution in [3.05, 3.63) is 11.7 Å². The average molecular weight is 278 g/mol. The van der Waals surface area contributed by atoms with Gasteiger partial charge in [-0.3, -0.25) is 0 Å². The SMILES string of the molecule is CC(C)N1CCCC(c2nc(C3CCNCC3)no2)C1. The number of aromatic nitrogens is 2. The predicted molar refractivity (Wildman–Crippen MR) is 77.8 cm³/mol. The number of hydrogen-bond donors (Lipinski definition) is 1. The van der Waals surface area contributed by atoms with Crippen molar-refractivity contribution in [2.24, 2.45) is 0 Å². The van der Waals surface area contributed by atoms with Crippen LogP contribution in [0.2, 0.25) is 0 Å². The van der Waals surface area contributed by atoms with Gasteiger partial charge in [0.15, 0.2) is 5.82 Å². The topological polar surface area (TPSA) is 54.2 Å². The molecule has 0 aromatic carbocycles. The summed E-state index contributed by atoms with van der Waals surface area (Å²) < 4.78 is 5.58. The number of likely N-dealkylation sites (tertiary alicyclic amines) is 1. The number of piperidine rings is 2. The molecule has 20 heavy (non-hydrogen) atoms. The second-order valence-electron chi connectivity index (χ2n) is 6.44. The Hall–Kier alpha value is -0.940. The minimum atomic E-state index is 0.425. The molecule has 1 N–H and O–H groups in total. The Morgan fingerprint density at radius 2 is 2.00 bits per heavy atom. The molecule has 0 spiro atoms. The Kier molecular flexibility index (Phi) is 4.36. The van der Waals surface area contributed by atoms with Gasteiger partial charge >= 0.3 is 0 Å². The maximum atomic E-state index is 5.58. The number of nitrogens with zero attached hydrogens (tertiary/aromatic N) is 3. The third kappa shape index (κ3) is 3.04. The van der Waals surface area contributed by atoms with Gasteiger partial charge in [0.1, 0.15) is 0 Å². The van der Waals surface area contributed by atoms with E-state index in [-0.39, 0.29) is 0 Å². The van der Waals surface area contributed by atoms with Crippen molar-refractivity contribution in [2.45, 2.75) is 57.4 Å². The smallest absolute Gasteiger partial charge is 0.231 e. The standard InChI is InChI=1S/C15H26N4O/c1-11(2)19-9-3-4-13(10-19)15-17-14(18-20-15)12-5-7-16-8-6-12/h11-13,16H,3-10H2,1-2H3. The van der Waals surface area contributed by atoms with Gasteiger partial charge in [0.05, 0.1) is 5.92 Å². The van der Waals surface area contributed by atoms with E-state index >= 15 is 0 Å². The summed E-state index contributed by atoms with van der Waals surface area (Å²) in [4.78, 5) is 7.24. The highest BCUT2D eigenvalue weighted by molar-refractivity contribution is 5.02. The number of rotatable bonds is 3. The Bertz CT molecular complexity index is 425. The van der Waals surface area contributed by atoms with Crippen molar-refractivity contribution < 1.29 is 4.52 Å². The molecule has 0 saturated carbocycles. The average Bonchev–Trinajstić information content (AvgIpc) is 2.98. The van der Waals surface area contributed by atoms with Gasteiger partial charge in [-0.1, -0.05) is 5.16 Å². The Balaban J connectivity index is 1.66. The van der Waals surface area contributed by atoms with Crippen LogP contribution in [0.15, 0.2) is 4.52 Å². The van der Waals surface area contributed by atoms with E-state index in [1.807, 2.05) is 0 Å². The van der Waals surface area contributed by atoms with E-state index in [2.05, 4.69) is 29.2 Å². The lowest BCUT2D eigenvalue weighted by atomic mass is 9.96. The summed E-state index contributed by atoms with van der Waals surface area (Å²) >= 11 is 0. The fourth-order valence-corrected chi connectivity index (χ4v) is 3.34. The van der Waals surface area contributed by atoms with Gasteiger partial charge < -0.3 is 14.7 Å². The van der Waals surface area contributed by atoms with Gasteiger partial charge in [-0.05, 0) is 59.2 Å². The third-order valence-electron chi connectivity index (χ3n) is 4.69. The lowest BCUT2D eigenvalue weighted by molar-refractivity contribution is 0.153. The van der Waals surface area contributed by atoms with Gasteiger partial charge in [0.25, 0.3) is 0 Å². The molecule has 1 aromatic rings. The first kappa shape index (κ1) is 14.0. The highest BCUT2D eigenvalue weighted by atomic mass is 16.5. The molecule has 5 nitrogen and oxygen atoms in total. The molecule has 0 amide bonds. The van der Waals surface area contributed by atoms with Crippen LogP contribution in [-0.4, -0.2) is 47.3 Å². The van der Waals surface area contributed by atoms with Crippen LogP contribution in [0.25, 0.3) is 0 Å². The molecule has 5 heteroatoms. The lowest BCUT2D eigenvalue weighted by Gasteiger charge is -2.33. The zero-order valence-corrected chi connectivity index (χ0v) is 12.6. The predicted octanol–water partition coefficient (Wildman–Crippen LogP) is 2.12. The normalized spacial score (nSPS) is 26.2. The molecule has 0 bridgehead atoms. The fraction of sp³-hybridized carbons (Fsp3) is 0.867. The second kappa shape index (κ2) is 6.22. The second-order valence-corrected chi connectivity index (χ2v) is 6.44. The first-order valence-corrected chi connectivity index (χ1v) is 8.02. The van der Waals surface area contributed by atoms with E-state index in [1.54, 1.807) is 0 Å². The molecule has 3 heterocycles. The summed E-state index contributed by atoms with van der Waals surface area (Å²) in [6, 6.07) is 0.601. The van der Waals surface area contributed by atoms with Crippen molar-refractivity contribution in [3.63, 3.8) is 0 Å². The maximum absolute atomic E-state index is 5.58. The quantitative estimate of drug-likeness (QED) is 0.918. The van der Waals surface area contributed by atoms with Gasteiger partial charge in [-0.25, -0.2) is 0 Å². The molecule has 2 aliphatic heterocycles. The summed E-state index contributed by atoms with van der Waals surface area (Å²) in [6.07, 6.45) is 4.66. The van der Waals surface area contributed by atoms with Crippen LogP contribution in [0.5, 0.6) is 0 Å². The van der Waals surface area contributed by atoms with Crippen molar-refractivity contribution >= 4 is 0 Å². The largest absolute Gasteiger partial charge is 0.339 e. The van der Waals surface area contributed by atoms with Crippen LogP contribution in [0, 0.1) is 0 Å². The summed E-state index contributed by atoms with van der Waals surface area (Å²) in [5.41, 5.74) is 0. The summed E-state index contributed by atoms with van der Waals surface area (Å²) in [5.74, 6) is 2.71. The van der Waals surface area contributed by atoms with Crippen molar-refractivity contribution in [1.82, 2.24) is 20.4 Å². The third-order valence-corrected chi connectivity index (χ3v) is 4.69. The van der Waals surface area contributed by atoms with E-state index in [0.29, 0.717) is 17.9 Å². The Morgan fingerprint density at radius 1 is 1.20 bits per heavy atom. The number of hydrogen-bond acceptors (Lipinski definition) is 5. The molecule has 1 unspecified atom stereocenters. The molecule has 2 saturated heterocycles. The Morgan fingerprint density at radius 3 is 2.75 bits per heavy atom. The molecule has 2 fully saturated rings. The van der Waals surface area contributed by atoms with Gasteiger partial charge in [-0.2, -0.15) is 4.98 Å². The summed E-state index contributed by atoms with van der Waals surface area (Å²) in [7, 11) is 0. The molecular formula is C15H26N4O. The first-order valence-electron chi connectivity index (χ1n) is 8.02. The molecule has 2 aliphatic rings. The van der Waals surface area contributed by atoms with E-state index in [4.69, 9.17) is 9.51 Å². The molecule has 0 radical (unpaired) electrons. The van der Waals surface area contributed by atoms with Crippen LogP contribution < -0.4 is 5.32 Å². The van der Waals surface area contributed by atoms with E-state index in [9.17, 15) is 0 Å². The van der Waals surface area contributed by atoms with Crippen molar-refractivity contribution in [3.8, 4) is 0 Å². The van der Waals surface area contributed by atoms with Gasteiger partial charge in [0, 0.05) is 18.5 Å². The van der Waals surface area contributed by atoms with E-state index in [1.165, 1.54) is 19.4 Å². The first-order chi connectivity index (χ1) is 9.74. The molecule has 0 aliphatic carbocycles. The van der Waals surface area contributed by atoms with Crippen LogP contribution in [0.3, 0.4) is 0 Å². The minimum absolute atomic E-state index is 0.425. The Labute approximate surface area is 121 Å². The van der Waals surface area contributed by atoms with Gasteiger partial charge in [0.2, 0.25) is 5.89 Å². The van der Waals surface area contributed by atoms with E-state index in [0.717, 1.165) is 44.2 Å². The summed E-state index contributed by atoms with van der Waals surface area (Å²) in [6.45, 7) is 8.92. The van der Waals surface area contributed by atoms with Gasteiger partial charge in [-0.15, -0.1) is 0 Å². The van der Waals surface area contributed by atoms with Crippen LogP contribution in [0.4, 0.5) is 0 Å². The zero-order valence-electron chi connectivity index (χ0n) is 12.6. The monoisotopic (exact) mass is 278 g/mol. The molecule has 112 valence electrons. The minimum Gasteiger partial charge on any atom is -0.339 e. The molecular weight excluding hydrogens is 252 g/mol. The highest BCUT2D eigenvalue weighted by Crippen LogP contribution is 2.29. The van der Waals surface area contributed by atoms with E-state index < -0.39 is 0 Å². The van der Waals surface area contributed by atoms with Crippen LogP contribution in [-0.2, 0) is 0 Å². The maximum Gasteiger partial charge on any atom is 0.231 e. The van der Waals surface area contributed by atoms with Crippen LogP contribution >= 0.6 is 0 Å². The highest BCUT2D eigenvalue weighted by Gasteiger charge is 2.28. The molecule has 1 aromatic heterocycles. The molecule has 1 atom stereocenters. The van der Waals surface area contributed by atoms with Crippen molar-refractivity contribution in [1.29, 1.82) is 0 Å². The van der Waals surface area contributed by atoms with Crippen molar-refractivity contribution in [2.75, 3.05) is 26.2 Å². The van der Waals surface area contributed by atoms with Crippen LogP contribution in [0.1, 0.15) is 63.1 Å². The summed E-state index contributed by atoms with van der Waals surface area (Å²) in [5, 5.41) is 7.63. The number of nitrogens with one attached hydrogen (secondary N) is 1.